The number of ketones is 1. The minimum absolute atomic E-state index is 0.0407. The molecule has 0 bridgehead atoms. The molecule has 3 N–H and O–H groups in total. The fraction of sp³-hybridized carbons (Fsp3) is 0.552. The number of nitrogens with one attached hydrogen (secondary N) is 2. The van der Waals surface area contributed by atoms with Crippen LogP contribution in [0.2, 0.25) is 0 Å². The Bertz CT molecular complexity index is 1320. The van der Waals surface area contributed by atoms with E-state index in [2.05, 4.69) is 36.1 Å². The number of anilines is 1. The van der Waals surface area contributed by atoms with Crippen molar-refractivity contribution in [1.82, 2.24) is 9.97 Å². The number of aromatic nitrogens is 2. The summed E-state index contributed by atoms with van der Waals surface area (Å²) in [5, 5.41) is 12.7. The summed E-state index contributed by atoms with van der Waals surface area (Å²) in [4.78, 5) is 32.7. The number of Topliss-reactive ketones (excluding diaryl/α,β-unsaturated/α-hetero) is 1. The van der Waals surface area contributed by atoms with Gasteiger partial charge < -0.3 is 29.3 Å². The SMILES string of the molecule is CNc1ccc2oc(C[C@H]3O[C@@]4(CC[C@H]3C)O[C@H]([C@@H](C)C(=O)c3ccc[nH]3)[C@H](C)C[C@H]4C)nc2c1C(=O)O. The summed E-state index contributed by atoms with van der Waals surface area (Å²) in [5.74, 6) is -1.11. The van der Waals surface area contributed by atoms with Crippen LogP contribution in [0.15, 0.2) is 34.9 Å². The summed E-state index contributed by atoms with van der Waals surface area (Å²) in [6.45, 7) is 8.39. The Morgan fingerprint density at radius 3 is 2.68 bits per heavy atom. The third-order valence-electron chi connectivity index (χ3n) is 8.54. The van der Waals surface area contributed by atoms with Gasteiger partial charge in [-0.3, -0.25) is 4.79 Å². The van der Waals surface area contributed by atoms with Gasteiger partial charge in [0.1, 0.15) is 11.1 Å². The quantitative estimate of drug-likeness (QED) is 0.345. The van der Waals surface area contributed by atoms with Crippen LogP contribution in [0, 0.1) is 23.7 Å². The molecular weight excluding hydrogens is 486 g/mol. The predicted molar refractivity (Wildman–Crippen MR) is 142 cm³/mol. The number of carboxylic acid groups (broad SMARTS) is 1. The van der Waals surface area contributed by atoms with Gasteiger partial charge in [0.15, 0.2) is 23.0 Å². The highest BCUT2D eigenvalue weighted by molar-refractivity contribution is 6.06. The lowest BCUT2D eigenvalue weighted by atomic mass is 9.75. The molecule has 1 aromatic carbocycles. The van der Waals surface area contributed by atoms with E-state index in [-0.39, 0.29) is 47.2 Å². The van der Waals surface area contributed by atoms with E-state index >= 15 is 0 Å². The van der Waals surface area contributed by atoms with Crippen molar-refractivity contribution in [1.29, 1.82) is 0 Å². The van der Waals surface area contributed by atoms with Crippen LogP contribution < -0.4 is 5.32 Å². The highest BCUT2D eigenvalue weighted by Gasteiger charge is 2.52. The van der Waals surface area contributed by atoms with Crippen molar-refractivity contribution < 1.29 is 28.6 Å². The van der Waals surface area contributed by atoms with Crippen molar-refractivity contribution in [3.05, 3.63) is 47.6 Å². The number of carboxylic acids is 1. The molecule has 7 atom stereocenters. The molecule has 5 rings (SSSR count). The lowest BCUT2D eigenvalue weighted by molar-refractivity contribution is -0.355. The number of rotatable bonds is 7. The summed E-state index contributed by atoms with van der Waals surface area (Å²) in [5.41, 5.74) is 1.93. The number of carbonyl (C=O) groups excluding carboxylic acids is 1. The monoisotopic (exact) mass is 523 g/mol. The van der Waals surface area contributed by atoms with Crippen molar-refractivity contribution in [2.75, 3.05) is 12.4 Å². The van der Waals surface area contributed by atoms with Gasteiger partial charge in [-0.25, -0.2) is 9.78 Å². The summed E-state index contributed by atoms with van der Waals surface area (Å²) in [6, 6.07) is 7.05. The zero-order chi connectivity index (χ0) is 27.2. The molecule has 2 aromatic heterocycles. The van der Waals surface area contributed by atoms with Gasteiger partial charge in [0.2, 0.25) is 0 Å². The summed E-state index contributed by atoms with van der Waals surface area (Å²) in [6.07, 6.45) is 4.22. The molecule has 9 heteroatoms. The van der Waals surface area contributed by atoms with Crippen molar-refractivity contribution >= 4 is 28.5 Å². The molecule has 3 aromatic rings. The Balaban J connectivity index is 1.39. The van der Waals surface area contributed by atoms with Crippen LogP contribution in [0.4, 0.5) is 5.69 Å². The van der Waals surface area contributed by atoms with Crippen LogP contribution in [0.5, 0.6) is 0 Å². The Morgan fingerprint density at radius 2 is 2.00 bits per heavy atom. The number of benzene rings is 1. The van der Waals surface area contributed by atoms with Crippen LogP contribution in [0.3, 0.4) is 0 Å². The molecule has 0 saturated carbocycles. The number of oxazole rings is 1. The van der Waals surface area contributed by atoms with E-state index in [1.54, 1.807) is 31.4 Å². The van der Waals surface area contributed by atoms with Gasteiger partial charge in [-0.05, 0) is 48.9 Å². The van der Waals surface area contributed by atoms with E-state index in [1.807, 2.05) is 13.0 Å². The Morgan fingerprint density at radius 1 is 1.21 bits per heavy atom. The van der Waals surface area contributed by atoms with Crippen LogP contribution in [-0.4, -0.2) is 51.9 Å². The van der Waals surface area contributed by atoms with E-state index < -0.39 is 11.8 Å². The molecule has 2 saturated heterocycles. The summed E-state index contributed by atoms with van der Waals surface area (Å²) < 4.78 is 19.6. The topological polar surface area (TPSA) is 127 Å². The summed E-state index contributed by atoms with van der Waals surface area (Å²) in [7, 11) is 1.68. The van der Waals surface area contributed by atoms with Gasteiger partial charge in [0.05, 0.1) is 30.0 Å². The largest absolute Gasteiger partial charge is 0.478 e. The number of aromatic amines is 1. The lowest BCUT2D eigenvalue weighted by Gasteiger charge is -2.53. The average molecular weight is 524 g/mol. The maximum Gasteiger partial charge on any atom is 0.340 e. The van der Waals surface area contributed by atoms with Gasteiger partial charge in [0.25, 0.3) is 0 Å². The number of hydrogen-bond donors (Lipinski definition) is 3. The van der Waals surface area contributed by atoms with Crippen molar-refractivity contribution in [2.45, 2.75) is 71.4 Å². The van der Waals surface area contributed by atoms with E-state index in [0.717, 1.165) is 19.3 Å². The van der Waals surface area contributed by atoms with E-state index in [9.17, 15) is 14.7 Å². The fourth-order valence-corrected chi connectivity index (χ4v) is 6.27. The highest BCUT2D eigenvalue weighted by Crippen LogP contribution is 2.48. The molecule has 0 radical (unpaired) electrons. The maximum absolute atomic E-state index is 13.1. The molecule has 2 fully saturated rings. The number of nitrogens with zero attached hydrogens (tertiary/aromatic N) is 1. The van der Waals surface area contributed by atoms with E-state index in [1.165, 1.54) is 0 Å². The molecule has 0 aliphatic carbocycles. The second-order valence-electron chi connectivity index (χ2n) is 11.1. The third kappa shape index (κ3) is 4.62. The molecule has 2 aliphatic heterocycles. The standard InChI is InChI=1S/C29H37N3O6/c1-15-10-11-29(17(3)13-16(2)27(38-29)18(4)26(33)20-7-6-12-31-20)37-22(15)14-23-32-25-21(36-23)9-8-19(30-5)24(25)28(34)35/h6-9,12,15-18,22,27,30-31H,10-11,13-14H2,1-5H3,(H,34,35)/t15-,16-,17-,18+,22-,27+,29+/m1/s1. The first kappa shape index (κ1) is 26.4. The molecule has 1 spiro atoms. The maximum atomic E-state index is 13.1. The smallest absolute Gasteiger partial charge is 0.340 e. The van der Waals surface area contributed by atoms with Crippen molar-refractivity contribution in [3.63, 3.8) is 0 Å². The average Bonchev–Trinajstić information content (AvgIpc) is 3.57. The minimum atomic E-state index is -1.06. The van der Waals surface area contributed by atoms with Crippen LogP contribution >= 0.6 is 0 Å². The Labute approximate surface area is 222 Å². The Hall–Kier alpha value is -3.17. The van der Waals surface area contributed by atoms with Gasteiger partial charge in [0, 0.05) is 31.5 Å². The number of fused-ring (bicyclic) bond motifs is 1. The third-order valence-corrected chi connectivity index (χ3v) is 8.54. The molecule has 204 valence electrons. The fourth-order valence-electron chi connectivity index (χ4n) is 6.27. The first-order valence-corrected chi connectivity index (χ1v) is 13.5. The van der Waals surface area contributed by atoms with Gasteiger partial charge in [-0.2, -0.15) is 0 Å². The number of ether oxygens (including phenoxy) is 2. The van der Waals surface area contributed by atoms with E-state index in [0.29, 0.717) is 34.8 Å². The van der Waals surface area contributed by atoms with Crippen molar-refractivity contribution in [2.24, 2.45) is 23.7 Å². The molecule has 2 aliphatic rings. The molecule has 4 heterocycles. The highest BCUT2D eigenvalue weighted by atomic mass is 16.7. The van der Waals surface area contributed by atoms with Crippen molar-refractivity contribution in [3.8, 4) is 0 Å². The van der Waals surface area contributed by atoms with Gasteiger partial charge in [-0.15, -0.1) is 0 Å². The number of hydrogen-bond acceptors (Lipinski definition) is 7. The second-order valence-corrected chi connectivity index (χ2v) is 11.1. The van der Waals surface area contributed by atoms with Gasteiger partial charge >= 0.3 is 5.97 Å². The zero-order valence-electron chi connectivity index (χ0n) is 22.6. The van der Waals surface area contributed by atoms with E-state index in [4.69, 9.17) is 13.9 Å². The molecule has 0 amide bonds. The molecule has 0 unspecified atom stereocenters. The minimum Gasteiger partial charge on any atom is -0.478 e. The number of carbonyl (C=O) groups is 2. The molecule has 9 nitrogen and oxygen atoms in total. The van der Waals surface area contributed by atoms with Crippen LogP contribution in [0.1, 0.15) is 73.7 Å². The predicted octanol–water partition coefficient (Wildman–Crippen LogP) is 5.53. The normalized spacial score (nSPS) is 30.4. The first-order valence-electron chi connectivity index (χ1n) is 13.5. The molecule has 38 heavy (non-hydrogen) atoms. The zero-order valence-corrected chi connectivity index (χ0v) is 22.6. The lowest BCUT2D eigenvalue weighted by Crippen LogP contribution is -2.58. The Kier molecular flexibility index (Phi) is 7.09. The van der Waals surface area contributed by atoms with Crippen LogP contribution in [-0.2, 0) is 15.9 Å². The number of H-pyrrole nitrogens is 1. The second kappa shape index (κ2) is 10.2. The number of aromatic carboxylic acids is 1. The van der Waals surface area contributed by atoms with Crippen LogP contribution in [0.25, 0.3) is 11.1 Å². The molecular formula is C29H37N3O6. The summed E-state index contributed by atoms with van der Waals surface area (Å²) >= 11 is 0. The van der Waals surface area contributed by atoms with Gasteiger partial charge in [-0.1, -0.05) is 27.7 Å². The first-order chi connectivity index (χ1) is 18.1.